The van der Waals surface area contributed by atoms with Crippen LogP contribution in [0.1, 0.15) is 16.7 Å². The second-order valence-electron chi connectivity index (χ2n) is 7.73. The van der Waals surface area contributed by atoms with Gasteiger partial charge in [0.15, 0.2) is 11.5 Å². The number of aliphatic hydroxyl groups is 1. The maximum Gasteiger partial charge on any atom is 0.164 e. The van der Waals surface area contributed by atoms with Crippen LogP contribution in [0.3, 0.4) is 0 Å². The van der Waals surface area contributed by atoms with E-state index in [1.165, 1.54) is 11.8 Å². The lowest BCUT2D eigenvalue weighted by Gasteiger charge is -2.26. The zero-order chi connectivity index (χ0) is 22.9. The highest BCUT2D eigenvalue weighted by Gasteiger charge is 2.12. The van der Waals surface area contributed by atoms with Crippen molar-refractivity contribution in [2.45, 2.75) is 6.54 Å². The molecule has 0 atom stereocenters. The summed E-state index contributed by atoms with van der Waals surface area (Å²) in [5.41, 5.74) is 4.55. The number of anilines is 1. The van der Waals surface area contributed by atoms with Gasteiger partial charge in [-0.3, -0.25) is 4.90 Å². The molecule has 0 aliphatic carbocycles. The largest absolute Gasteiger partial charge is 0.504 e. The van der Waals surface area contributed by atoms with Crippen molar-refractivity contribution >= 4 is 5.69 Å². The summed E-state index contributed by atoms with van der Waals surface area (Å²) in [6, 6.07) is 16.0. The topological polar surface area (TPSA) is 54.0 Å². The smallest absolute Gasteiger partial charge is 0.164 e. The van der Waals surface area contributed by atoms with E-state index < -0.39 is 0 Å². The Balaban J connectivity index is 1.27. The van der Waals surface area contributed by atoms with Crippen molar-refractivity contribution in [1.82, 2.24) is 4.90 Å². The molecule has 4 rings (SSSR count). The third-order valence-electron chi connectivity index (χ3n) is 5.33. The Morgan fingerprint density at radius 2 is 1.58 bits per heavy atom. The Morgan fingerprint density at radius 1 is 0.939 bits per heavy atom. The van der Waals surface area contributed by atoms with Gasteiger partial charge in [-0.25, -0.2) is 0 Å². The van der Waals surface area contributed by atoms with E-state index in [0.29, 0.717) is 17.9 Å². The Hall–Kier alpha value is -3.90. The van der Waals surface area contributed by atoms with Gasteiger partial charge in [-0.15, -0.1) is 0 Å². The van der Waals surface area contributed by atoms with Crippen LogP contribution in [0, 0.1) is 23.7 Å². The van der Waals surface area contributed by atoms with Gasteiger partial charge in [-0.2, -0.15) is 0 Å². The lowest BCUT2D eigenvalue weighted by Crippen LogP contribution is -2.35. The number of allylic oxidation sites excluding steroid dienone is 1. The van der Waals surface area contributed by atoms with Crippen molar-refractivity contribution in [3.63, 3.8) is 0 Å². The molecular formula is C28H26N2O3. The molecule has 5 heteroatoms. The summed E-state index contributed by atoms with van der Waals surface area (Å²) in [5.74, 6) is 12.5. The van der Waals surface area contributed by atoms with Crippen molar-refractivity contribution in [1.29, 1.82) is 0 Å². The predicted octanol–water partition coefficient (Wildman–Crippen LogP) is 4.20. The van der Waals surface area contributed by atoms with Crippen LogP contribution in [-0.2, 0) is 16.0 Å². The maximum absolute atomic E-state index is 9.97. The van der Waals surface area contributed by atoms with Crippen molar-refractivity contribution in [3.8, 4) is 23.7 Å². The number of nitrogens with one attached hydrogen (secondary N) is 1. The van der Waals surface area contributed by atoms with E-state index in [-0.39, 0.29) is 5.76 Å². The molecule has 0 unspecified atom stereocenters. The quantitative estimate of drug-likeness (QED) is 0.686. The molecule has 2 N–H and O–H groups in total. The first-order valence-corrected chi connectivity index (χ1v) is 10.9. The number of aliphatic hydroxyl groups excluding tert-OH is 1. The Morgan fingerprint density at radius 3 is 2.24 bits per heavy atom. The van der Waals surface area contributed by atoms with Gasteiger partial charge in [0.05, 0.1) is 26.0 Å². The molecule has 0 amide bonds. The van der Waals surface area contributed by atoms with E-state index in [1.807, 2.05) is 36.4 Å². The standard InChI is InChI=1S/C28H26N2O3/c1-22-14-17-33-27(28(22)31)20-29-26-12-10-24(11-13-26)5-3-2-4-23-6-8-25(9-7-23)21-30-15-18-32-19-16-30/h6-14,17,29,31H,1,15-16,18-21H2. The molecule has 0 spiro atoms. The van der Waals surface area contributed by atoms with E-state index in [4.69, 9.17) is 9.47 Å². The monoisotopic (exact) mass is 438 g/mol. The molecule has 0 radical (unpaired) electrons. The fourth-order valence-electron chi connectivity index (χ4n) is 3.41. The van der Waals surface area contributed by atoms with Gasteiger partial charge in [-0.05, 0) is 59.9 Å². The normalized spacial score (nSPS) is 15.7. The Bertz CT molecular complexity index is 1160. The number of morpholine rings is 1. The van der Waals surface area contributed by atoms with Gasteiger partial charge < -0.3 is 19.9 Å². The van der Waals surface area contributed by atoms with E-state index >= 15 is 0 Å². The fraction of sp³-hybridized carbons (Fsp3) is 0.214. The average molecular weight is 439 g/mol. The lowest BCUT2D eigenvalue weighted by atomic mass is 10.1. The predicted molar refractivity (Wildman–Crippen MR) is 130 cm³/mol. The fourth-order valence-corrected chi connectivity index (χ4v) is 3.41. The van der Waals surface area contributed by atoms with E-state index in [1.54, 1.807) is 6.08 Å². The number of ether oxygens (including phenoxy) is 2. The zero-order valence-corrected chi connectivity index (χ0v) is 18.4. The highest BCUT2D eigenvalue weighted by atomic mass is 16.5. The summed E-state index contributed by atoms with van der Waals surface area (Å²) < 4.78 is 10.7. The Kier molecular flexibility index (Phi) is 7.51. The molecule has 166 valence electrons. The first kappa shape index (κ1) is 22.3. The second-order valence-corrected chi connectivity index (χ2v) is 7.73. The molecule has 1 fully saturated rings. The minimum Gasteiger partial charge on any atom is -0.504 e. The number of nitrogens with zero attached hydrogens (tertiary/aromatic N) is 1. The average Bonchev–Trinajstić information content (AvgIpc) is 2.85. The molecule has 0 bridgehead atoms. The van der Waals surface area contributed by atoms with Crippen molar-refractivity contribution < 1.29 is 14.6 Å². The van der Waals surface area contributed by atoms with Crippen LogP contribution in [0.15, 0.2) is 84.5 Å². The van der Waals surface area contributed by atoms with Crippen LogP contribution in [0.2, 0.25) is 0 Å². The number of hydrogen-bond donors (Lipinski definition) is 2. The molecular weight excluding hydrogens is 412 g/mol. The van der Waals surface area contributed by atoms with E-state index in [0.717, 1.165) is 49.7 Å². The Labute approximate surface area is 195 Å². The molecule has 33 heavy (non-hydrogen) atoms. The minimum absolute atomic E-state index is 0.0674. The molecule has 2 aliphatic rings. The molecule has 2 aliphatic heterocycles. The van der Waals surface area contributed by atoms with Gasteiger partial charge in [0.25, 0.3) is 0 Å². The van der Waals surface area contributed by atoms with Gasteiger partial charge in [0.1, 0.15) is 0 Å². The first-order chi connectivity index (χ1) is 16.2. The molecule has 2 heterocycles. The van der Waals surface area contributed by atoms with Gasteiger partial charge >= 0.3 is 0 Å². The van der Waals surface area contributed by atoms with Crippen LogP contribution >= 0.6 is 0 Å². The molecule has 2 aromatic carbocycles. The van der Waals surface area contributed by atoms with Gasteiger partial charge in [0.2, 0.25) is 0 Å². The third-order valence-corrected chi connectivity index (χ3v) is 5.33. The summed E-state index contributed by atoms with van der Waals surface area (Å²) in [7, 11) is 0. The summed E-state index contributed by atoms with van der Waals surface area (Å²) in [4.78, 5) is 2.40. The number of hydrogen-bond acceptors (Lipinski definition) is 5. The summed E-state index contributed by atoms with van der Waals surface area (Å²) in [5, 5.41) is 13.2. The molecule has 2 aromatic rings. The van der Waals surface area contributed by atoms with Crippen molar-refractivity contribution in [2.75, 3.05) is 38.2 Å². The highest BCUT2D eigenvalue weighted by molar-refractivity contribution is 5.51. The van der Waals surface area contributed by atoms with Gasteiger partial charge in [0, 0.05) is 42.0 Å². The van der Waals surface area contributed by atoms with Crippen LogP contribution in [-0.4, -0.2) is 42.9 Å². The summed E-state index contributed by atoms with van der Waals surface area (Å²) >= 11 is 0. The number of benzene rings is 2. The van der Waals surface area contributed by atoms with Crippen LogP contribution in [0.25, 0.3) is 0 Å². The zero-order valence-electron chi connectivity index (χ0n) is 18.4. The third kappa shape index (κ3) is 6.54. The minimum atomic E-state index is 0.0674. The van der Waals surface area contributed by atoms with Crippen LogP contribution in [0.4, 0.5) is 5.69 Å². The summed E-state index contributed by atoms with van der Waals surface area (Å²) in [6.07, 6.45) is 3.13. The molecule has 0 aromatic heterocycles. The van der Waals surface area contributed by atoms with E-state index in [9.17, 15) is 5.11 Å². The van der Waals surface area contributed by atoms with Crippen molar-refractivity contribution in [3.05, 3.63) is 101 Å². The first-order valence-electron chi connectivity index (χ1n) is 10.9. The maximum atomic E-state index is 9.97. The van der Waals surface area contributed by atoms with Crippen LogP contribution < -0.4 is 5.32 Å². The second kappa shape index (κ2) is 11.1. The van der Waals surface area contributed by atoms with Gasteiger partial charge in [-0.1, -0.05) is 30.6 Å². The lowest BCUT2D eigenvalue weighted by molar-refractivity contribution is 0.0342. The molecule has 1 saturated heterocycles. The van der Waals surface area contributed by atoms with E-state index in [2.05, 4.69) is 52.6 Å². The van der Waals surface area contributed by atoms with Crippen molar-refractivity contribution in [2.24, 2.45) is 0 Å². The number of rotatable bonds is 5. The van der Waals surface area contributed by atoms with Crippen LogP contribution in [0.5, 0.6) is 0 Å². The molecule has 5 nitrogen and oxygen atoms in total. The highest BCUT2D eigenvalue weighted by Crippen LogP contribution is 2.19. The summed E-state index contributed by atoms with van der Waals surface area (Å²) in [6.45, 7) is 8.65. The SMILES string of the molecule is C=C1C=COC(CNc2ccc(C#CC#Cc3ccc(CN4CCOCC4)cc3)cc2)=C1O. The molecule has 0 saturated carbocycles.